The Morgan fingerprint density at radius 1 is 0.930 bits per heavy atom. The van der Waals surface area contributed by atoms with Crippen molar-refractivity contribution in [2.75, 3.05) is 13.1 Å². The number of hydrogen-bond donors (Lipinski definition) is 1. The van der Waals surface area contributed by atoms with Crippen LogP contribution in [-0.4, -0.2) is 57.4 Å². The van der Waals surface area contributed by atoms with Gasteiger partial charge in [-0.1, -0.05) is 54.1 Å². The first-order valence-corrected chi connectivity index (χ1v) is 15.1. The summed E-state index contributed by atoms with van der Waals surface area (Å²) >= 11 is 0. The predicted molar refractivity (Wildman–Crippen MR) is 156 cm³/mol. The number of carbonyl (C=O) groups excluding carboxylic acids is 4. The molecule has 2 aromatic rings. The van der Waals surface area contributed by atoms with Gasteiger partial charge >= 0.3 is 0 Å². The topological polar surface area (TPSA) is 95.0 Å². The van der Waals surface area contributed by atoms with Crippen LogP contribution in [0.2, 0.25) is 0 Å². The van der Waals surface area contributed by atoms with E-state index in [0.29, 0.717) is 36.0 Å². The lowest BCUT2D eigenvalue weighted by atomic mass is 9.59. The Hall–Kier alpha value is -4.17. The number of carbonyl (C=O) groups is 4. The minimum atomic E-state index is -0.871. The van der Waals surface area contributed by atoms with Crippen molar-refractivity contribution in [3.05, 3.63) is 99.9 Å². The van der Waals surface area contributed by atoms with Gasteiger partial charge in [0.2, 0.25) is 11.8 Å². The van der Waals surface area contributed by atoms with Gasteiger partial charge in [0.05, 0.1) is 11.8 Å². The number of halogens is 1. The number of phenolic OH excluding ortho intramolecular Hbond substituents is 1. The molecule has 8 heteroatoms. The Labute approximate surface area is 249 Å². The second-order valence-corrected chi connectivity index (χ2v) is 12.4. The number of Topliss-reactive ketones (excluding diaryl/α,β-unsaturated/α-hetero) is 1. The molecule has 4 atom stereocenters. The smallest absolute Gasteiger partial charge is 0.233 e. The molecule has 0 saturated carbocycles. The first kappa shape index (κ1) is 27.7. The fourth-order valence-electron chi connectivity index (χ4n) is 8.06. The molecule has 3 aliphatic carbocycles. The molecule has 7 nitrogen and oxygen atoms in total. The number of phenols is 1. The van der Waals surface area contributed by atoms with Crippen molar-refractivity contribution in [1.29, 1.82) is 0 Å². The minimum absolute atomic E-state index is 0.160. The van der Waals surface area contributed by atoms with Crippen LogP contribution >= 0.6 is 0 Å². The number of likely N-dealkylation sites (tertiary alicyclic amines) is 2. The van der Waals surface area contributed by atoms with Crippen LogP contribution in [0, 0.1) is 23.6 Å². The second kappa shape index (κ2) is 10.5. The molecular formula is C35H33FN2O5. The average molecular weight is 581 g/mol. The summed E-state index contributed by atoms with van der Waals surface area (Å²) in [7, 11) is 0. The quantitative estimate of drug-likeness (QED) is 0.322. The number of fused-ring (bicyclic) bond motifs is 3. The molecule has 2 saturated heterocycles. The monoisotopic (exact) mass is 580 g/mol. The van der Waals surface area contributed by atoms with Gasteiger partial charge in [-0.05, 0) is 56.2 Å². The third-order valence-electron chi connectivity index (χ3n) is 10.1. The summed E-state index contributed by atoms with van der Waals surface area (Å²) in [6, 6.07) is 14.2. The molecule has 220 valence electrons. The maximum atomic E-state index is 14.6. The van der Waals surface area contributed by atoms with E-state index in [9.17, 15) is 28.7 Å². The van der Waals surface area contributed by atoms with E-state index >= 15 is 0 Å². The molecular weight excluding hydrogens is 547 g/mol. The van der Waals surface area contributed by atoms with E-state index in [1.165, 1.54) is 22.6 Å². The lowest BCUT2D eigenvalue weighted by Gasteiger charge is -2.42. The van der Waals surface area contributed by atoms with Gasteiger partial charge in [0.15, 0.2) is 23.1 Å². The van der Waals surface area contributed by atoms with Crippen molar-refractivity contribution < 1.29 is 28.7 Å². The molecule has 0 aromatic heterocycles. The van der Waals surface area contributed by atoms with Gasteiger partial charge in [-0.2, -0.15) is 0 Å². The van der Waals surface area contributed by atoms with Crippen molar-refractivity contribution in [1.82, 2.24) is 9.80 Å². The van der Waals surface area contributed by atoms with Crippen molar-refractivity contribution in [3.63, 3.8) is 0 Å². The molecule has 2 heterocycles. The van der Waals surface area contributed by atoms with Crippen molar-refractivity contribution in [2.24, 2.45) is 17.8 Å². The number of aromatic hydroxyl groups is 1. The van der Waals surface area contributed by atoms with E-state index in [-0.39, 0.29) is 47.0 Å². The van der Waals surface area contributed by atoms with E-state index < -0.39 is 35.2 Å². The number of benzene rings is 2. The maximum absolute atomic E-state index is 14.6. The van der Waals surface area contributed by atoms with E-state index in [1.807, 2.05) is 24.3 Å². The third-order valence-corrected chi connectivity index (χ3v) is 10.1. The minimum Gasteiger partial charge on any atom is -0.505 e. The lowest BCUT2D eigenvalue weighted by molar-refractivity contribution is -0.144. The van der Waals surface area contributed by atoms with Crippen LogP contribution in [-0.2, 0) is 25.7 Å². The van der Waals surface area contributed by atoms with Crippen LogP contribution < -0.4 is 0 Å². The lowest BCUT2D eigenvalue weighted by Crippen LogP contribution is -2.47. The fourth-order valence-corrected chi connectivity index (χ4v) is 8.06. The number of piperidine rings is 1. The molecule has 1 N–H and O–H groups in total. The summed E-state index contributed by atoms with van der Waals surface area (Å²) in [6.07, 6.45) is 5.06. The Bertz CT molecular complexity index is 1650. The molecule has 0 radical (unpaired) electrons. The molecule has 2 fully saturated rings. The van der Waals surface area contributed by atoms with Gasteiger partial charge in [-0.25, -0.2) is 4.39 Å². The summed E-state index contributed by atoms with van der Waals surface area (Å²) in [6.45, 7) is 3.96. The molecule has 5 aliphatic rings. The molecule has 2 aliphatic heterocycles. The van der Waals surface area contributed by atoms with Crippen LogP contribution in [0.25, 0.3) is 0 Å². The predicted octanol–water partition coefficient (Wildman–Crippen LogP) is 4.63. The summed E-state index contributed by atoms with van der Waals surface area (Å²) in [5.74, 6) is -5.01. The zero-order valence-electron chi connectivity index (χ0n) is 24.0. The fraction of sp³-hybridized carbons (Fsp3) is 0.371. The summed E-state index contributed by atoms with van der Waals surface area (Å²) in [5.41, 5.74) is 2.96. The van der Waals surface area contributed by atoms with Crippen molar-refractivity contribution in [2.45, 2.75) is 51.1 Å². The number of imide groups is 1. The Balaban J connectivity index is 1.19. The van der Waals surface area contributed by atoms with Gasteiger partial charge < -0.3 is 5.11 Å². The number of ketones is 2. The Morgan fingerprint density at radius 3 is 2.42 bits per heavy atom. The number of amides is 2. The molecule has 0 bridgehead atoms. The van der Waals surface area contributed by atoms with Gasteiger partial charge in [0.1, 0.15) is 0 Å². The number of para-hydroxylation sites is 1. The highest BCUT2D eigenvalue weighted by atomic mass is 19.1. The zero-order chi connectivity index (χ0) is 30.0. The first-order chi connectivity index (χ1) is 20.7. The van der Waals surface area contributed by atoms with Crippen LogP contribution in [0.15, 0.2) is 83.0 Å². The van der Waals surface area contributed by atoms with E-state index in [2.05, 4.69) is 17.0 Å². The van der Waals surface area contributed by atoms with Gasteiger partial charge in [-0.3, -0.25) is 29.0 Å². The highest BCUT2D eigenvalue weighted by molar-refractivity contribution is 6.23. The standard InChI is InChI=1S/C35H33FN2O5/c1-19-16-28(39)31-26(32(19)40)17-25-22(29(31)23-8-5-9-27(36)33(23)41)10-11-24-30(25)35(43)38(34(24)42)21-12-14-37(15-13-21)18-20-6-3-2-4-7-20/h2-10,16,21,24-25,29-30,41H,11-15,17-18H2,1H3. The van der Waals surface area contributed by atoms with Crippen molar-refractivity contribution in [3.8, 4) is 5.75 Å². The Morgan fingerprint density at radius 2 is 1.67 bits per heavy atom. The van der Waals surface area contributed by atoms with Crippen LogP contribution in [0.5, 0.6) is 5.75 Å². The first-order valence-electron chi connectivity index (χ1n) is 15.1. The maximum Gasteiger partial charge on any atom is 0.233 e. The average Bonchev–Trinajstić information content (AvgIpc) is 3.27. The Kier molecular flexibility index (Phi) is 6.77. The number of allylic oxidation sites excluding steroid dienone is 6. The number of hydrogen-bond acceptors (Lipinski definition) is 6. The van der Waals surface area contributed by atoms with Crippen LogP contribution in [0.4, 0.5) is 4.39 Å². The summed E-state index contributed by atoms with van der Waals surface area (Å²) in [4.78, 5) is 58.6. The summed E-state index contributed by atoms with van der Waals surface area (Å²) in [5, 5.41) is 10.8. The summed E-state index contributed by atoms with van der Waals surface area (Å²) < 4.78 is 14.6. The highest BCUT2D eigenvalue weighted by Crippen LogP contribution is 2.56. The molecule has 43 heavy (non-hydrogen) atoms. The molecule has 0 spiro atoms. The number of nitrogens with zero attached hydrogens (tertiary/aromatic N) is 2. The molecule has 4 unspecified atom stereocenters. The van der Waals surface area contributed by atoms with E-state index in [4.69, 9.17) is 0 Å². The third kappa shape index (κ3) is 4.42. The normalized spacial score (nSPS) is 28.0. The van der Waals surface area contributed by atoms with E-state index in [0.717, 1.165) is 25.7 Å². The SMILES string of the molecule is CC1=CC(=O)C2=C(CC3C(=CCC4C(=O)N(C5CCN(Cc6ccccc6)CC5)C(=O)C43)C2c2cccc(F)c2O)C1=O. The van der Waals surface area contributed by atoms with Gasteiger partial charge in [0, 0.05) is 53.9 Å². The molecule has 7 rings (SSSR count). The number of rotatable bonds is 4. The zero-order valence-corrected chi connectivity index (χ0v) is 24.0. The molecule has 2 amide bonds. The van der Waals surface area contributed by atoms with Crippen LogP contribution in [0.1, 0.15) is 49.7 Å². The van der Waals surface area contributed by atoms with Crippen LogP contribution in [0.3, 0.4) is 0 Å². The van der Waals surface area contributed by atoms with Crippen molar-refractivity contribution >= 4 is 23.4 Å². The second-order valence-electron chi connectivity index (χ2n) is 12.4. The molecule has 2 aromatic carbocycles. The van der Waals surface area contributed by atoms with Gasteiger partial charge in [-0.15, -0.1) is 0 Å². The van der Waals surface area contributed by atoms with E-state index in [1.54, 1.807) is 13.0 Å². The highest BCUT2D eigenvalue weighted by Gasteiger charge is 2.57. The largest absolute Gasteiger partial charge is 0.505 e. The van der Waals surface area contributed by atoms with Gasteiger partial charge in [0.25, 0.3) is 0 Å².